The van der Waals surface area contributed by atoms with Crippen molar-refractivity contribution < 1.29 is 22.7 Å². The van der Waals surface area contributed by atoms with Crippen LogP contribution in [-0.4, -0.2) is 51.4 Å². The molecule has 230 valence electrons. The molecule has 0 saturated heterocycles. The van der Waals surface area contributed by atoms with Gasteiger partial charge in [-0.05, 0) is 72.6 Å². The van der Waals surface area contributed by atoms with Gasteiger partial charge in [-0.1, -0.05) is 71.7 Å². The van der Waals surface area contributed by atoms with Crippen LogP contribution in [0.4, 0.5) is 5.69 Å². The van der Waals surface area contributed by atoms with E-state index >= 15 is 0 Å². The molecule has 0 heterocycles. The monoisotopic (exact) mass is 653 g/mol. The Bertz CT molecular complexity index is 1670. The Morgan fingerprint density at radius 2 is 1.50 bits per heavy atom. The number of likely N-dealkylation sites (N-methyl/N-ethyl adjacent to an activating group) is 1. The molecule has 1 N–H and O–H groups in total. The second-order valence-corrected chi connectivity index (χ2v) is 12.6. The lowest BCUT2D eigenvalue weighted by Gasteiger charge is -2.34. The van der Waals surface area contributed by atoms with Crippen LogP contribution in [0.15, 0.2) is 108 Å². The summed E-state index contributed by atoms with van der Waals surface area (Å²) < 4.78 is 34.3. The van der Waals surface area contributed by atoms with Crippen molar-refractivity contribution in [1.82, 2.24) is 10.2 Å². The number of ether oxygens (including phenoxy) is 1. The Morgan fingerprint density at radius 1 is 0.864 bits per heavy atom. The van der Waals surface area contributed by atoms with Gasteiger partial charge < -0.3 is 15.0 Å². The standard InChI is InChI=1S/C33H33Cl2N3O5S/c1-3-36-33(40)31(21-24-9-5-4-6-10-24)37(22-25-11-7-8-12-30(25)35)32(39)23-38(27-15-13-26(34)14-16-27)44(41,42)29-19-17-28(43-2)18-20-29/h4-20,31H,3,21-23H2,1-2H3,(H,36,40)/t31-/m0/s1. The molecule has 0 radical (unpaired) electrons. The zero-order chi connectivity index (χ0) is 31.7. The first-order chi connectivity index (χ1) is 21.1. The molecule has 0 aliphatic carbocycles. The molecular formula is C33H33Cl2N3O5S. The molecule has 44 heavy (non-hydrogen) atoms. The van der Waals surface area contributed by atoms with Crippen LogP contribution in [0.5, 0.6) is 5.75 Å². The van der Waals surface area contributed by atoms with Gasteiger partial charge in [0.2, 0.25) is 11.8 Å². The zero-order valence-electron chi connectivity index (χ0n) is 24.3. The van der Waals surface area contributed by atoms with E-state index in [1.54, 1.807) is 43.3 Å². The summed E-state index contributed by atoms with van der Waals surface area (Å²) in [5.41, 5.74) is 1.68. The molecule has 0 aliphatic rings. The topological polar surface area (TPSA) is 96.0 Å². The number of anilines is 1. The van der Waals surface area contributed by atoms with Gasteiger partial charge in [0.1, 0.15) is 18.3 Å². The van der Waals surface area contributed by atoms with E-state index in [0.29, 0.717) is 27.9 Å². The van der Waals surface area contributed by atoms with E-state index in [0.717, 1.165) is 9.87 Å². The lowest BCUT2D eigenvalue weighted by molar-refractivity contribution is -0.140. The zero-order valence-corrected chi connectivity index (χ0v) is 26.6. The highest BCUT2D eigenvalue weighted by atomic mass is 35.5. The lowest BCUT2D eigenvalue weighted by Crippen LogP contribution is -2.53. The Kier molecular flexibility index (Phi) is 11.3. The second-order valence-electron chi connectivity index (χ2n) is 9.88. The highest BCUT2D eigenvalue weighted by molar-refractivity contribution is 7.92. The number of nitrogens with one attached hydrogen (secondary N) is 1. The van der Waals surface area contributed by atoms with Gasteiger partial charge in [-0.25, -0.2) is 8.42 Å². The average molecular weight is 655 g/mol. The summed E-state index contributed by atoms with van der Waals surface area (Å²) in [6.07, 6.45) is 0.203. The Hall–Kier alpha value is -4.05. The molecule has 4 rings (SSSR count). The number of amides is 2. The summed E-state index contributed by atoms with van der Waals surface area (Å²) in [5.74, 6) is -0.480. The normalized spacial score (nSPS) is 11.8. The largest absolute Gasteiger partial charge is 0.497 e. The highest BCUT2D eigenvalue weighted by Crippen LogP contribution is 2.28. The van der Waals surface area contributed by atoms with E-state index in [2.05, 4.69) is 5.32 Å². The van der Waals surface area contributed by atoms with Gasteiger partial charge in [-0.2, -0.15) is 0 Å². The number of hydrogen-bond donors (Lipinski definition) is 1. The van der Waals surface area contributed by atoms with Crippen LogP contribution in [0.3, 0.4) is 0 Å². The second kappa shape index (κ2) is 15.1. The number of carbonyl (C=O) groups excluding carboxylic acids is 2. The first-order valence-electron chi connectivity index (χ1n) is 13.9. The van der Waals surface area contributed by atoms with Gasteiger partial charge >= 0.3 is 0 Å². The third-order valence-electron chi connectivity index (χ3n) is 6.96. The van der Waals surface area contributed by atoms with Gasteiger partial charge in [0.05, 0.1) is 17.7 Å². The van der Waals surface area contributed by atoms with E-state index < -0.39 is 28.5 Å². The number of rotatable bonds is 13. The van der Waals surface area contributed by atoms with Gasteiger partial charge in [-0.15, -0.1) is 0 Å². The lowest BCUT2D eigenvalue weighted by atomic mass is 10.0. The molecule has 0 fully saturated rings. The fourth-order valence-electron chi connectivity index (χ4n) is 4.67. The van der Waals surface area contributed by atoms with E-state index in [9.17, 15) is 18.0 Å². The number of sulfonamides is 1. The van der Waals surface area contributed by atoms with Crippen LogP contribution in [0.25, 0.3) is 0 Å². The highest BCUT2D eigenvalue weighted by Gasteiger charge is 2.34. The minimum Gasteiger partial charge on any atom is -0.497 e. The molecule has 0 aliphatic heterocycles. The molecule has 0 bridgehead atoms. The van der Waals surface area contributed by atoms with E-state index in [1.807, 2.05) is 30.3 Å². The van der Waals surface area contributed by atoms with Crippen molar-refractivity contribution in [2.24, 2.45) is 0 Å². The smallest absolute Gasteiger partial charge is 0.264 e. The van der Waals surface area contributed by atoms with Gasteiger partial charge in [-0.3, -0.25) is 13.9 Å². The predicted molar refractivity (Wildman–Crippen MR) is 174 cm³/mol. The quantitative estimate of drug-likeness (QED) is 0.192. The summed E-state index contributed by atoms with van der Waals surface area (Å²) >= 11 is 12.6. The number of halogens is 2. The number of benzene rings is 4. The van der Waals surface area contributed by atoms with Gasteiger partial charge in [0.15, 0.2) is 0 Å². The average Bonchev–Trinajstić information content (AvgIpc) is 3.03. The molecule has 0 unspecified atom stereocenters. The van der Waals surface area contributed by atoms with Gasteiger partial charge in [0, 0.05) is 29.6 Å². The van der Waals surface area contributed by atoms with Crippen LogP contribution < -0.4 is 14.4 Å². The summed E-state index contributed by atoms with van der Waals surface area (Å²) in [6, 6.07) is 27.4. The summed E-state index contributed by atoms with van der Waals surface area (Å²) in [7, 11) is -2.77. The fourth-order valence-corrected chi connectivity index (χ4v) is 6.40. The predicted octanol–water partition coefficient (Wildman–Crippen LogP) is 5.97. The molecule has 11 heteroatoms. The third kappa shape index (κ3) is 8.11. The van der Waals surface area contributed by atoms with Crippen LogP contribution >= 0.6 is 23.2 Å². The van der Waals surface area contributed by atoms with E-state index in [4.69, 9.17) is 27.9 Å². The maximum Gasteiger partial charge on any atom is 0.264 e. The molecule has 4 aromatic rings. The number of methoxy groups -OCH3 is 1. The van der Waals surface area contributed by atoms with Crippen molar-refractivity contribution in [1.29, 1.82) is 0 Å². The number of carbonyl (C=O) groups is 2. The Labute approximate surface area is 268 Å². The van der Waals surface area contributed by atoms with Crippen molar-refractivity contribution >= 4 is 50.7 Å². The molecule has 8 nitrogen and oxygen atoms in total. The Balaban J connectivity index is 1.80. The maximum absolute atomic E-state index is 14.4. The molecule has 0 aromatic heterocycles. The van der Waals surface area contributed by atoms with Crippen molar-refractivity contribution in [2.75, 3.05) is 24.5 Å². The van der Waals surface area contributed by atoms with Crippen molar-refractivity contribution in [3.8, 4) is 5.75 Å². The first-order valence-corrected chi connectivity index (χ1v) is 16.1. The van der Waals surface area contributed by atoms with Crippen LogP contribution in [0.1, 0.15) is 18.1 Å². The van der Waals surface area contributed by atoms with Crippen molar-refractivity contribution in [3.63, 3.8) is 0 Å². The first kappa shape index (κ1) is 32.9. The van der Waals surface area contributed by atoms with Crippen LogP contribution in [0, 0.1) is 0 Å². The number of nitrogens with zero attached hydrogens (tertiary/aromatic N) is 2. The minimum atomic E-state index is -4.26. The van der Waals surface area contributed by atoms with Crippen LogP contribution in [-0.2, 0) is 32.6 Å². The van der Waals surface area contributed by atoms with E-state index in [-0.39, 0.29) is 29.5 Å². The maximum atomic E-state index is 14.4. The molecule has 4 aromatic carbocycles. The fraction of sp³-hybridized carbons (Fsp3) is 0.212. The molecule has 2 amide bonds. The SMILES string of the molecule is CCNC(=O)[C@H](Cc1ccccc1)N(Cc1ccccc1Cl)C(=O)CN(c1ccc(Cl)cc1)S(=O)(=O)c1ccc(OC)cc1. The Morgan fingerprint density at radius 3 is 2.11 bits per heavy atom. The summed E-state index contributed by atoms with van der Waals surface area (Å²) in [5, 5.41) is 3.66. The summed E-state index contributed by atoms with van der Waals surface area (Å²) in [4.78, 5) is 29.3. The minimum absolute atomic E-state index is 0.0236. The summed E-state index contributed by atoms with van der Waals surface area (Å²) in [6.45, 7) is 1.53. The van der Waals surface area contributed by atoms with Crippen molar-refractivity contribution in [3.05, 3.63) is 124 Å². The number of hydrogen-bond acceptors (Lipinski definition) is 5. The van der Waals surface area contributed by atoms with Gasteiger partial charge in [0.25, 0.3) is 10.0 Å². The molecule has 0 spiro atoms. The third-order valence-corrected chi connectivity index (χ3v) is 9.37. The van der Waals surface area contributed by atoms with E-state index in [1.165, 1.54) is 48.4 Å². The molecular weight excluding hydrogens is 621 g/mol. The molecule has 0 saturated carbocycles. The molecule has 1 atom stereocenters. The van der Waals surface area contributed by atoms with Crippen molar-refractivity contribution in [2.45, 2.75) is 30.8 Å². The van der Waals surface area contributed by atoms with Crippen LogP contribution in [0.2, 0.25) is 10.0 Å².